The van der Waals surface area contributed by atoms with E-state index in [0.29, 0.717) is 5.11 Å². The van der Waals surface area contributed by atoms with Crippen molar-refractivity contribution >= 4 is 23.0 Å². The lowest BCUT2D eigenvalue weighted by Gasteiger charge is -2.20. The molecule has 1 heterocycles. The molecule has 0 saturated heterocycles. The third-order valence-electron chi connectivity index (χ3n) is 2.40. The van der Waals surface area contributed by atoms with Crippen molar-refractivity contribution in [3.05, 3.63) is 48.5 Å². The van der Waals surface area contributed by atoms with Crippen LogP contribution in [-0.4, -0.2) is 21.7 Å². The Balaban J connectivity index is 2.26. The van der Waals surface area contributed by atoms with E-state index in [1.807, 2.05) is 34.8 Å². The van der Waals surface area contributed by atoms with E-state index in [9.17, 15) is 0 Å². The normalized spacial score (nSPS) is 10.1. The minimum absolute atomic E-state index is 0.711. The second-order valence-electron chi connectivity index (χ2n) is 3.65. The molecule has 0 aliphatic heterocycles. The molecule has 0 atom stereocenters. The highest BCUT2D eigenvalue weighted by molar-refractivity contribution is 7.80. The van der Waals surface area contributed by atoms with Gasteiger partial charge in [0.2, 0.25) is 0 Å². The average Bonchev–Trinajstić information content (AvgIpc) is 2.80. The molecule has 0 unspecified atom stereocenters. The maximum absolute atomic E-state index is 5.37. The van der Waals surface area contributed by atoms with Gasteiger partial charge in [-0.2, -0.15) is 0 Å². The standard InChI is InChI=1S/C12H13N3S/c1-10-4-3-5-11(8-10)14(2)12(16)15-7-6-13-9-15/h3-9H,1-2H3. The van der Waals surface area contributed by atoms with E-state index >= 15 is 0 Å². The van der Waals surface area contributed by atoms with Crippen LogP contribution >= 0.6 is 12.2 Å². The molecule has 0 aliphatic carbocycles. The lowest BCUT2D eigenvalue weighted by atomic mass is 10.2. The maximum atomic E-state index is 5.37. The Morgan fingerprint density at radius 1 is 1.44 bits per heavy atom. The van der Waals surface area contributed by atoms with Gasteiger partial charge in [0.15, 0.2) is 5.11 Å². The van der Waals surface area contributed by atoms with Gasteiger partial charge in [0, 0.05) is 25.1 Å². The molecule has 4 heteroatoms. The first-order valence-corrected chi connectivity index (χ1v) is 5.42. The van der Waals surface area contributed by atoms with Crippen LogP contribution in [0.5, 0.6) is 0 Å². The first-order chi connectivity index (χ1) is 7.68. The van der Waals surface area contributed by atoms with E-state index in [2.05, 4.69) is 24.0 Å². The highest BCUT2D eigenvalue weighted by Crippen LogP contribution is 2.15. The van der Waals surface area contributed by atoms with Crippen LogP contribution in [0, 0.1) is 6.92 Å². The molecule has 0 radical (unpaired) electrons. The molecule has 0 aliphatic rings. The molecule has 1 aromatic heterocycles. The van der Waals surface area contributed by atoms with Gasteiger partial charge >= 0.3 is 0 Å². The lowest BCUT2D eigenvalue weighted by molar-refractivity contribution is 1.09. The number of imidazole rings is 1. The minimum atomic E-state index is 0.711. The van der Waals surface area contributed by atoms with Gasteiger partial charge in [-0.1, -0.05) is 12.1 Å². The first kappa shape index (κ1) is 10.8. The molecule has 0 spiro atoms. The van der Waals surface area contributed by atoms with Gasteiger partial charge in [0.05, 0.1) is 0 Å². The molecule has 0 fully saturated rings. The van der Waals surface area contributed by atoms with Gasteiger partial charge in [-0.15, -0.1) is 0 Å². The van der Waals surface area contributed by atoms with Crippen molar-refractivity contribution < 1.29 is 0 Å². The fourth-order valence-electron chi connectivity index (χ4n) is 1.49. The van der Waals surface area contributed by atoms with Crippen LogP contribution < -0.4 is 4.90 Å². The number of aryl methyl sites for hydroxylation is 1. The lowest BCUT2D eigenvalue weighted by Crippen LogP contribution is -2.29. The topological polar surface area (TPSA) is 21.1 Å². The Labute approximate surface area is 100 Å². The van der Waals surface area contributed by atoms with E-state index in [4.69, 9.17) is 12.2 Å². The molecule has 0 amide bonds. The van der Waals surface area contributed by atoms with Gasteiger partial charge in [-0.05, 0) is 36.8 Å². The molecule has 2 aromatic rings. The third-order valence-corrected chi connectivity index (χ3v) is 2.89. The Kier molecular flexibility index (Phi) is 3.01. The van der Waals surface area contributed by atoms with Crippen molar-refractivity contribution in [3.8, 4) is 0 Å². The van der Waals surface area contributed by atoms with Crippen molar-refractivity contribution in [2.45, 2.75) is 6.92 Å². The molecule has 3 nitrogen and oxygen atoms in total. The second kappa shape index (κ2) is 4.45. The Bertz CT molecular complexity index is 491. The number of rotatable bonds is 1. The minimum Gasteiger partial charge on any atom is -0.321 e. The summed E-state index contributed by atoms with van der Waals surface area (Å²) in [6, 6.07) is 8.23. The van der Waals surface area contributed by atoms with Crippen molar-refractivity contribution in [1.82, 2.24) is 9.55 Å². The molecular formula is C12H13N3S. The molecule has 0 N–H and O–H groups in total. The van der Waals surface area contributed by atoms with Crippen molar-refractivity contribution in [2.24, 2.45) is 0 Å². The summed E-state index contributed by atoms with van der Waals surface area (Å²) in [6.45, 7) is 2.07. The van der Waals surface area contributed by atoms with Gasteiger partial charge in [0.1, 0.15) is 6.33 Å². The second-order valence-corrected chi connectivity index (χ2v) is 4.02. The van der Waals surface area contributed by atoms with E-state index in [0.717, 1.165) is 5.69 Å². The van der Waals surface area contributed by atoms with E-state index in [-0.39, 0.29) is 0 Å². The molecule has 1 aromatic carbocycles. The Morgan fingerprint density at radius 2 is 2.25 bits per heavy atom. The fourth-order valence-corrected chi connectivity index (χ4v) is 1.71. The zero-order valence-corrected chi connectivity index (χ0v) is 10.1. The van der Waals surface area contributed by atoms with Crippen LogP contribution in [0.2, 0.25) is 0 Å². The quantitative estimate of drug-likeness (QED) is 0.703. The molecular weight excluding hydrogens is 218 g/mol. The number of thiocarbonyl (C=S) groups is 1. The summed E-state index contributed by atoms with van der Waals surface area (Å²) in [5, 5.41) is 0.711. The smallest absolute Gasteiger partial charge is 0.185 e. The molecule has 0 saturated carbocycles. The van der Waals surface area contributed by atoms with E-state index < -0.39 is 0 Å². The zero-order valence-electron chi connectivity index (χ0n) is 9.29. The predicted octanol–water partition coefficient (Wildman–Crippen LogP) is 2.46. The first-order valence-electron chi connectivity index (χ1n) is 5.01. The maximum Gasteiger partial charge on any atom is 0.185 e. The summed E-state index contributed by atoms with van der Waals surface area (Å²) in [5.74, 6) is 0. The van der Waals surface area contributed by atoms with Gasteiger partial charge in [0.25, 0.3) is 0 Å². The summed E-state index contributed by atoms with van der Waals surface area (Å²) in [4.78, 5) is 5.95. The number of aromatic nitrogens is 2. The SMILES string of the molecule is Cc1cccc(N(C)C(=S)n2ccnc2)c1. The largest absolute Gasteiger partial charge is 0.321 e. The summed E-state index contributed by atoms with van der Waals surface area (Å²) in [7, 11) is 1.96. The van der Waals surface area contributed by atoms with Crippen LogP contribution in [0.3, 0.4) is 0 Å². The Morgan fingerprint density at radius 3 is 2.88 bits per heavy atom. The molecule has 16 heavy (non-hydrogen) atoms. The highest BCUT2D eigenvalue weighted by atomic mass is 32.1. The summed E-state index contributed by atoms with van der Waals surface area (Å²) < 4.78 is 1.82. The number of hydrogen-bond donors (Lipinski definition) is 0. The van der Waals surface area contributed by atoms with Gasteiger partial charge in [-0.25, -0.2) is 4.98 Å². The van der Waals surface area contributed by atoms with Gasteiger partial charge < -0.3 is 4.90 Å². The number of hydrogen-bond acceptors (Lipinski definition) is 2. The monoisotopic (exact) mass is 231 g/mol. The average molecular weight is 231 g/mol. The predicted molar refractivity (Wildman–Crippen MR) is 69.8 cm³/mol. The zero-order chi connectivity index (χ0) is 11.5. The summed E-state index contributed by atoms with van der Waals surface area (Å²) in [6.07, 6.45) is 5.26. The van der Waals surface area contributed by atoms with Crippen molar-refractivity contribution in [1.29, 1.82) is 0 Å². The van der Waals surface area contributed by atoms with Crippen LogP contribution in [0.15, 0.2) is 43.0 Å². The van der Waals surface area contributed by atoms with Crippen molar-refractivity contribution in [3.63, 3.8) is 0 Å². The molecule has 0 bridgehead atoms. The molecule has 82 valence electrons. The summed E-state index contributed by atoms with van der Waals surface area (Å²) >= 11 is 5.37. The van der Waals surface area contributed by atoms with Gasteiger partial charge in [-0.3, -0.25) is 4.57 Å². The molecule has 2 rings (SSSR count). The van der Waals surface area contributed by atoms with Crippen LogP contribution in [0.1, 0.15) is 5.56 Å². The van der Waals surface area contributed by atoms with E-state index in [1.165, 1.54) is 5.56 Å². The number of benzene rings is 1. The van der Waals surface area contributed by atoms with Crippen molar-refractivity contribution in [2.75, 3.05) is 11.9 Å². The van der Waals surface area contributed by atoms with E-state index in [1.54, 1.807) is 12.5 Å². The van der Waals surface area contributed by atoms with Crippen LogP contribution in [-0.2, 0) is 0 Å². The number of nitrogens with zero attached hydrogens (tertiary/aromatic N) is 3. The highest BCUT2D eigenvalue weighted by Gasteiger charge is 2.07. The number of anilines is 1. The summed E-state index contributed by atoms with van der Waals surface area (Å²) in [5.41, 5.74) is 2.30. The third kappa shape index (κ3) is 2.12. The van der Waals surface area contributed by atoms with Crippen LogP contribution in [0.4, 0.5) is 5.69 Å². The fraction of sp³-hybridized carbons (Fsp3) is 0.167. The van der Waals surface area contributed by atoms with Crippen LogP contribution in [0.25, 0.3) is 0 Å². The Hall–Kier alpha value is -1.68.